The van der Waals surface area contributed by atoms with Gasteiger partial charge in [-0.2, -0.15) is 31.6 Å². The van der Waals surface area contributed by atoms with E-state index in [1.165, 1.54) is 6.07 Å². The van der Waals surface area contributed by atoms with Crippen LogP contribution in [0, 0.1) is 16.7 Å². The van der Waals surface area contributed by atoms with Gasteiger partial charge in [0.15, 0.2) is 15.9 Å². The quantitative estimate of drug-likeness (QED) is 0.424. The van der Waals surface area contributed by atoms with E-state index in [1.54, 1.807) is 0 Å². The number of halogens is 7. The minimum absolute atomic E-state index is 0. The molecule has 14 heteroatoms. The predicted octanol–water partition coefficient (Wildman–Crippen LogP) is 3.90. The number of nitrogens with two attached hydrogens (primary N) is 1. The third kappa shape index (κ3) is 6.30. The van der Waals surface area contributed by atoms with Gasteiger partial charge in [-0.05, 0) is 0 Å². The summed E-state index contributed by atoms with van der Waals surface area (Å²) in [6, 6.07) is 1.53. The topological polar surface area (TPSA) is 99.4 Å². The Labute approximate surface area is 144 Å². The molecule has 5 nitrogen and oxygen atoms in total. The van der Waals surface area contributed by atoms with Crippen LogP contribution in [0.4, 0.5) is 26.3 Å². The second-order valence-electron chi connectivity index (χ2n) is 3.58. The van der Waals surface area contributed by atoms with E-state index in [9.17, 15) is 26.3 Å². The minimum atomic E-state index is -4.40. The van der Waals surface area contributed by atoms with Gasteiger partial charge in [-0.25, -0.2) is 9.97 Å². The molecule has 0 aliphatic carbocycles. The van der Waals surface area contributed by atoms with Crippen LogP contribution >= 0.6 is 35.1 Å². The number of alkyl halides is 6. The molecule has 0 aliphatic rings. The van der Waals surface area contributed by atoms with Crippen LogP contribution in [-0.4, -0.2) is 15.8 Å². The number of thiazole rings is 2. The van der Waals surface area contributed by atoms with Gasteiger partial charge in [0.1, 0.15) is 15.8 Å². The normalized spacial score (nSPS) is 10.9. The number of nitrogens with one attached hydrogen (secondary N) is 1. The maximum Gasteiger partial charge on any atom is 0.427 e. The summed E-state index contributed by atoms with van der Waals surface area (Å²) in [6.07, 6.45) is -7.46. The Bertz CT molecular complexity index is 729. The maximum atomic E-state index is 11.9. The van der Waals surface area contributed by atoms with Crippen LogP contribution < -0.4 is 5.73 Å². The molecule has 0 radical (unpaired) electrons. The number of nitrogen functional groups attached to an aromatic ring is 1. The molecular weight excluding hydrogens is 404 g/mol. The van der Waals surface area contributed by atoms with Gasteiger partial charge in [0.25, 0.3) is 0 Å². The third-order valence-corrected chi connectivity index (χ3v) is 3.92. The summed E-state index contributed by atoms with van der Waals surface area (Å²) in [5.74, 6) is -0.449. The van der Waals surface area contributed by atoms with Crippen molar-refractivity contribution < 1.29 is 26.3 Å². The van der Waals surface area contributed by atoms with E-state index >= 15 is 0 Å². The molecule has 0 amide bonds. The zero-order chi connectivity index (χ0) is 17.8. The number of amidine groups is 1. The average Bonchev–Trinajstić information content (AvgIpc) is 3.07. The SMILES string of the molecule is Cl.N#Cc1ncc(C(F)(F)F)s1.N=C(N)c1ncc(C(F)(F)F)s1. The van der Waals surface area contributed by atoms with Crippen molar-refractivity contribution >= 4 is 40.9 Å². The number of hydrogen-bond donors (Lipinski definition) is 2. The summed E-state index contributed by atoms with van der Waals surface area (Å²) in [6.45, 7) is 0. The lowest BCUT2D eigenvalue weighted by Crippen LogP contribution is -2.09. The Hall–Kier alpha value is -1.91. The second kappa shape index (κ2) is 8.27. The fraction of sp³-hybridized carbons (Fsp3) is 0.200. The van der Waals surface area contributed by atoms with Crippen molar-refractivity contribution in [2.75, 3.05) is 0 Å². The molecule has 2 rings (SSSR count). The number of aromatic nitrogens is 2. The molecule has 0 unspecified atom stereocenters. The van der Waals surface area contributed by atoms with E-state index in [-0.39, 0.29) is 22.4 Å². The first-order valence-electron chi connectivity index (χ1n) is 5.25. The first-order valence-corrected chi connectivity index (χ1v) is 6.89. The molecule has 0 bridgehead atoms. The van der Waals surface area contributed by atoms with Crippen LogP contribution in [0.2, 0.25) is 0 Å². The van der Waals surface area contributed by atoms with Crippen molar-refractivity contribution in [3.8, 4) is 6.07 Å². The summed E-state index contributed by atoms with van der Waals surface area (Å²) in [4.78, 5) is 4.89. The number of rotatable bonds is 1. The molecular formula is C10H6ClF6N5S2. The molecule has 2 aromatic heterocycles. The van der Waals surface area contributed by atoms with E-state index in [0.717, 1.165) is 0 Å². The molecule has 0 aliphatic heterocycles. The highest BCUT2D eigenvalue weighted by Gasteiger charge is 2.34. The molecule has 0 spiro atoms. The fourth-order valence-electron chi connectivity index (χ4n) is 0.987. The fourth-order valence-corrected chi connectivity index (χ4v) is 2.21. The molecule has 24 heavy (non-hydrogen) atoms. The first kappa shape index (κ1) is 22.1. The van der Waals surface area contributed by atoms with E-state index in [0.29, 0.717) is 35.1 Å². The summed E-state index contributed by atoms with van der Waals surface area (Å²) < 4.78 is 71.2. The molecule has 0 atom stereocenters. The van der Waals surface area contributed by atoms with E-state index < -0.39 is 27.9 Å². The Kier molecular flexibility index (Phi) is 7.61. The molecule has 0 saturated carbocycles. The zero-order valence-electron chi connectivity index (χ0n) is 11.1. The highest BCUT2D eigenvalue weighted by molar-refractivity contribution is 7.13. The van der Waals surface area contributed by atoms with Gasteiger partial charge in [-0.15, -0.1) is 23.7 Å². The van der Waals surface area contributed by atoms with Crippen LogP contribution in [0.15, 0.2) is 12.4 Å². The van der Waals surface area contributed by atoms with Crippen LogP contribution in [-0.2, 0) is 12.4 Å². The zero-order valence-corrected chi connectivity index (χ0v) is 13.5. The van der Waals surface area contributed by atoms with Crippen molar-refractivity contribution in [1.82, 2.24) is 9.97 Å². The van der Waals surface area contributed by atoms with Gasteiger partial charge in [0.2, 0.25) is 0 Å². The second-order valence-corrected chi connectivity index (χ2v) is 5.64. The lowest BCUT2D eigenvalue weighted by atomic mass is 10.5. The highest BCUT2D eigenvalue weighted by Crippen LogP contribution is 2.33. The average molecular weight is 410 g/mol. The van der Waals surface area contributed by atoms with Crippen molar-refractivity contribution in [3.05, 3.63) is 32.2 Å². The lowest BCUT2D eigenvalue weighted by molar-refractivity contribution is -0.135. The monoisotopic (exact) mass is 409 g/mol. The van der Waals surface area contributed by atoms with Gasteiger partial charge in [0.05, 0.1) is 12.4 Å². The predicted molar refractivity (Wildman–Crippen MR) is 77.2 cm³/mol. The van der Waals surface area contributed by atoms with Crippen molar-refractivity contribution in [3.63, 3.8) is 0 Å². The lowest BCUT2D eigenvalue weighted by Gasteiger charge is -1.99. The number of nitrogens with zero attached hydrogens (tertiary/aromatic N) is 3. The molecule has 0 fully saturated rings. The molecule has 132 valence electrons. The highest BCUT2D eigenvalue weighted by atomic mass is 35.5. The van der Waals surface area contributed by atoms with Gasteiger partial charge >= 0.3 is 12.4 Å². The number of hydrogen-bond acceptors (Lipinski definition) is 6. The Morgan fingerprint density at radius 2 is 1.50 bits per heavy atom. The van der Waals surface area contributed by atoms with E-state index in [1.807, 2.05) is 0 Å². The van der Waals surface area contributed by atoms with Gasteiger partial charge < -0.3 is 5.73 Å². The van der Waals surface area contributed by atoms with Crippen LogP contribution in [0.25, 0.3) is 0 Å². The molecule has 3 N–H and O–H groups in total. The first-order chi connectivity index (χ1) is 10.4. The standard InChI is InChI=1S/C5H4F3N3S.C5HF3N2S.ClH/c6-5(7,8)2-1-11-4(12-2)3(9)10;6-5(7,8)3-2-10-4(1-9)11-3;/h1H,(H3,9,10);2H;1H. The third-order valence-electron chi connectivity index (χ3n) is 1.90. The molecule has 2 heterocycles. The summed E-state index contributed by atoms with van der Waals surface area (Å²) in [7, 11) is 0. The van der Waals surface area contributed by atoms with E-state index in [2.05, 4.69) is 9.97 Å². The van der Waals surface area contributed by atoms with Crippen molar-refractivity contribution in [2.24, 2.45) is 5.73 Å². The Morgan fingerprint density at radius 3 is 1.75 bits per heavy atom. The summed E-state index contributed by atoms with van der Waals surface area (Å²) in [5.41, 5.74) is 4.93. The molecule has 0 aromatic carbocycles. The Balaban J connectivity index is 0.000000425. The van der Waals surface area contributed by atoms with E-state index in [4.69, 9.17) is 16.4 Å². The molecule has 2 aromatic rings. The Morgan fingerprint density at radius 1 is 1.04 bits per heavy atom. The number of nitriles is 1. The minimum Gasteiger partial charge on any atom is -0.382 e. The van der Waals surface area contributed by atoms with Crippen molar-refractivity contribution in [1.29, 1.82) is 10.7 Å². The smallest absolute Gasteiger partial charge is 0.382 e. The summed E-state index contributed by atoms with van der Waals surface area (Å²) >= 11 is 0.705. The van der Waals surface area contributed by atoms with Crippen LogP contribution in [0.1, 0.15) is 19.8 Å². The summed E-state index contributed by atoms with van der Waals surface area (Å²) in [5, 5.41) is 14.7. The van der Waals surface area contributed by atoms with Crippen molar-refractivity contribution in [2.45, 2.75) is 12.4 Å². The molecule has 0 saturated heterocycles. The van der Waals surface area contributed by atoms with Gasteiger partial charge in [-0.3, -0.25) is 5.41 Å². The largest absolute Gasteiger partial charge is 0.427 e. The van der Waals surface area contributed by atoms with Gasteiger partial charge in [0, 0.05) is 0 Å². The van der Waals surface area contributed by atoms with Crippen LogP contribution in [0.5, 0.6) is 0 Å². The maximum absolute atomic E-state index is 11.9. The van der Waals surface area contributed by atoms with Gasteiger partial charge in [-0.1, -0.05) is 11.3 Å². The van der Waals surface area contributed by atoms with Crippen LogP contribution in [0.3, 0.4) is 0 Å².